The maximum Gasteiger partial charge on any atom is 0.102 e. The molecule has 4 heteroatoms. The number of nitriles is 1. The molecule has 164 valence electrons. The summed E-state index contributed by atoms with van der Waals surface area (Å²) in [7, 11) is 0. The fourth-order valence-electron chi connectivity index (χ4n) is 4.57. The molecule has 6 aromatic rings. The Labute approximate surface area is 203 Å². The van der Waals surface area contributed by atoms with Crippen LogP contribution in [0.1, 0.15) is 5.56 Å². The van der Waals surface area contributed by atoms with Crippen molar-refractivity contribution >= 4 is 10.9 Å². The van der Waals surface area contributed by atoms with Crippen molar-refractivity contribution in [2.45, 2.75) is 0 Å². The van der Waals surface area contributed by atoms with Gasteiger partial charge < -0.3 is 4.98 Å². The number of nitrogens with one attached hydrogen (secondary N) is 1. The van der Waals surface area contributed by atoms with Gasteiger partial charge in [-0.05, 0) is 41.0 Å². The van der Waals surface area contributed by atoms with Gasteiger partial charge in [0.1, 0.15) is 6.07 Å². The summed E-state index contributed by atoms with van der Waals surface area (Å²) in [4.78, 5) is 12.9. The van der Waals surface area contributed by atoms with E-state index in [2.05, 4.69) is 46.4 Å². The Morgan fingerprint density at radius 1 is 0.657 bits per heavy atom. The molecule has 0 aliphatic carbocycles. The van der Waals surface area contributed by atoms with E-state index in [1.807, 2.05) is 79.0 Å². The molecule has 3 heterocycles. The molecule has 6 rings (SSSR count). The fourth-order valence-corrected chi connectivity index (χ4v) is 4.57. The minimum atomic E-state index is 0.540. The number of H-pyrrole nitrogens is 1. The van der Waals surface area contributed by atoms with E-state index >= 15 is 0 Å². The molecule has 0 radical (unpaired) electrons. The van der Waals surface area contributed by atoms with Crippen LogP contribution in [0.3, 0.4) is 0 Å². The SMILES string of the molecule is N#Cc1c(-c2ccccc2-c2ccccc2)cc(-c2ccccn2)nc1-c1c[nH]c2ccccc12. The first-order valence-corrected chi connectivity index (χ1v) is 11.4. The second kappa shape index (κ2) is 8.74. The van der Waals surface area contributed by atoms with Crippen molar-refractivity contribution in [2.24, 2.45) is 0 Å². The number of hydrogen-bond acceptors (Lipinski definition) is 3. The summed E-state index contributed by atoms with van der Waals surface area (Å²) < 4.78 is 0. The van der Waals surface area contributed by atoms with E-state index < -0.39 is 0 Å². The van der Waals surface area contributed by atoms with Gasteiger partial charge in [0.05, 0.1) is 22.6 Å². The number of fused-ring (bicyclic) bond motifs is 1. The van der Waals surface area contributed by atoms with Crippen LogP contribution in [0.25, 0.3) is 55.8 Å². The lowest BCUT2D eigenvalue weighted by molar-refractivity contribution is 1.24. The molecule has 0 spiro atoms. The zero-order chi connectivity index (χ0) is 23.6. The van der Waals surface area contributed by atoms with Crippen molar-refractivity contribution in [3.05, 3.63) is 121 Å². The number of aromatic amines is 1. The smallest absolute Gasteiger partial charge is 0.102 e. The van der Waals surface area contributed by atoms with Gasteiger partial charge in [-0.1, -0.05) is 78.9 Å². The van der Waals surface area contributed by atoms with Crippen molar-refractivity contribution in [3.63, 3.8) is 0 Å². The average molecular weight is 449 g/mol. The number of aromatic nitrogens is 3. The molecule has 0 saturated heterocycles. The first kappa shape index (κ1) is 20.6. The van der Waals surface area contributed by atoms with Gasteiger partial charge in [0.2, 0.25) is 0 Å². The van der Waals surface area contributed by atoms with Gasteiger partial charge >= 0.3 is 0 Å². The number of rotatable bonds is 4. The molecule has 35 heavy (non-hydrogen) atoms. The molecule has 0 amide bonds. The monoisotopic (exact) mass is 448 g/mol. The van der Waals surface area contributed by atoms with Crippen molar-refractivity contribution in [1.82, 2.24) is 15.0 Å². The molecule has 0 atom stereocenters. The van der Waals surface area contributed by atoms with Crippen molar-refractivity contribution in [3.8, 4) is 51.0 Å². The Kier molecular flexibility index (Phi) is 5.14. The average Bonchev–Trinajstić information content (AvgIpc) is 3.37. The quantitative estimate of drug-likeness (QED) is 0.304. The van der Waals surface area contributed by atoms with Crippen molar-refractivity contribution in [2.75, 3.05) is 0 Å². The molecule has 4 nitrogen and oxygen atoms in total. The minimum absolute atomic E-state index is 0.540. The van der Waals surface area contributed by atoms with Crippen LogP contribution in [0.5, 0.6) is 0 Å². The highest BCUT2D eigenvalue weighted by Crippen LogP contribution is 2.40. The number of pyridine rings is 2. The van der Waals surface area contributed by atoms with E-state index in [-0.39, 0.29) is 0 Å². The lowest BCUT2D eigenvalue weighted by Gasteiger charge is -2.15. The first-order valence-electron chi connectivity index (χ1n) is 11.4. The van der Waals surface area contributed by atoms with E-state index in [1.165, 1.54) is 0 Å². The second-order valence-corrected chi connectivity index (χ2v) is 8.26. The third-order valence-corrected chi connectivity index (χ3v) is 6.20. The molecule has 0 unspecified atom stereocenters. The largest absolute Gasteiger partial charge is 0.360 e. The predicted molar refractivity (Wildman–Crippen MR) is 140 cm³/mol. The maximum absolute atomic E-state index is 10.4. The van der Waals surface area contributed by atoms with Gasteiger partial charge in [-0.2, -0.15) is 5.26 Å². The van der Waals surface area contributed by atoms with Gasteiger partial charge in [-0.3, -0.25) is 4.98 Å². The van der Waals surface area contributed by atoms with E-state index in [0.29, 0.717) is 11.3 Å². The number of benzene rings is 3. The zero-order valence-corrected chi connectivity index (χ0v) is 18.8. The van der Waals surface area contributed by atoms with Gasteiger partial charge in [-0.15, -0.1) is 0 Å². The summed E-state index contributed by atoms with van der Waals surface area (Å²) in [6, 6.07) is 36.8. The molecule has 0 fully saturated rings. The summed E-state index contributed by atoms with van der Waals surface area (Å²) in [6.07, 6.45) is 3.70. The van der Waals surface area contributed by atoms with Crippen LogP contribution in [-0.2, 0) is 0 Å². The highest BCUT2D eigenvalue weighted by Gasteiger charge is 2.21. The van der Waals surface area contributed by atoms with Gasteiger partial charge in [0, 0.05) is 34.4 Å². The Morgan fingerprint density at radius 2 is 1.40 bits per heavy atom. The molecule has 0 aliphatic heterocycles. The summed E-state index contributed by atoms with van der Waals surface area (Å²) in [6.45, 7) is 0. The summed E-state index contributed by atoms with van der Waals surface area (Å²) >= 11 is 0. The molecular formula is C31H20N4. The number of nitrogens with zero attached hydrogens (tertiary/aromatic N) is 3. The second-order valence-electron chi connectivity index (χ2n) is 8.26. The molecule has 0 bridgehead atoms. The van der Waals surface area contributed by atoms with Crippen LogP contribution in [-0.4, -0.2) is 15.0 Å². The predicted octanol–water partition coefficient (Wildman–Crippen LogP) is 7.50. The summed E-state index contributed by atoms with van der Waals surface area (Å²) in [5, 5.41) is 11.5. The molecule has 1 N–H and O–H groups in total. The van der Waals surface area contributed by atoms with Gasteiger partial charge in [0.15, 0.2) is 0 Å². The van der Waals surface area contributed by atoms with Crippen molar-refractivity contribution in [1.29, 1.82) is 5.26 Å². The van der Waals surface area contributed by atoms with Gasteiger partial charge in [-0.25, -0.2) is 4.98 Å². The van der Waals surface area contributed by atoms with Crippen LogP contribution in [0.15, 0.2) is 116 Å². The van der Waals surface area contributed by atoms with E-state index in [4.69, 9.17) is 4.98 Å². The van der Waals surface area contributed by atoms with Crippen LogP contribution >= 0.6 is 0 Å². The fraction of sp³-hybridized carbons (Fsp3) is 0. The number of hydrogen-bond donors (Lipinski definition) is 1. The lowest BCUT2D eigenvalue weighted by atomic mass is 9.90. The third-order valence-electron chi connectivity index (χ3n) is 6.20. The lowest BCUT2D eigenvalue weighted by Crippen LogP contribution is -1.98. The standard InChI is InChI=1S/C31H20N4/c32-19-26-25(23-13-5-4-12-22(23)21-10-2-1-3-11-21)18-30(29-16-8-9-17-33-29)35-31(26)27-20-34-28-15-7-6-14-24(27)28/h1-18,20,34H. The van der Waals surface area contributed by atoms with E-state index in [0.717, 1.165) is 50.1 Å². The highest BCUT2D eigenvalue weighted by atomic mass is 14.8. The summed E-state index contributed by atoms with van der Waals surface area (Å²) in [5.41, 5.74) is 8.54. The molecular weight excluding hydrogens is 428 g/mol. The Hall–Kier alpha value is -5.01. The molecule has 0 saturated carbocycles. The van der Waals surface area contributed by atoms with Crippen LogP contribution in [0.4, 0.5) is 0 Å². The molecule has 0 aliphatic rings. The van der Waals surface area contributed by atoms with E-state index in [9.17, 15) is 5.26 Å². The Morgan fingerprint density at radius 3 is 2.20 bits per heavy atom. The van der Waals surface area contributed by atoms with Crippen molar-refractivity contribution < 1.29 is 0 Å². The first-order chi connectivity index (χ1) is 17.3. The minimum Gasteiger partial charge on any atom is -0.360 e. The zero-order valence-electron chi connectivity index (χ0n) is 18.8. The van der Waals surface area contributed by atoms with Crippen LogP contribution < -0.4 is 0 Å². The molecule has 3 aromatic heterocycles. The number of para-hydroxylation sites is 1. The topological polar surface area (TPSA) is 65.4 Å². The third kappa shape index (κ3) is 3.66. The summed E-state index contributed by atoms with van der Waals surface area (Å²) in [5.74, 6) is 0. The Bertz CT molecular complexity index is 1690. The molecule has 3 aromatic carbocycles. The van der Waals surface area contributed by atoms with Crippen LogP contribution in [0.2, 0.25) is 0 Å². The van der Waals surface area contributed by atoms with E-state index in [1.54, 1.807) is 6.20 Å². The van der Waals surface area contributed by atoms with Crippen LogP contribution in [0, 0.1) is 11.3 Å². The maximum atomic E-state index is 10.4. The van der Waals surface area contributed by atoms with Gasteiger partial charge in [0.25, 0.3) is 0 Å². The highest BCUT2D eigenvalue weighted by molar-refractivity contribution is 5.99. The Balaban J connectivity index is 1.69. The normalized spacial score (nSPS) is 10.8.